The van der Waals surface area contributed by atoms with E-state index in [1.54, 1.807) is 6.07 Å². The van der Waals surface area contributed by atoms with Crippen molar-refractivity contribution in [3.63, 3.8) is 0 Å². The second-order valence-electron chi connectivity index (χ2n) is 6.55. The number of nitrogens with zero attached hydrogens (tertiary/aromatic N) is 1. The van der Waals surface area contributed by atoms with Crippen LogP contribution in [0.1, 0.15) is 50.5 Å². The molecule has 2 aliphatic heterocycles. The van der Waals surface area contributed by atoms with Crippen LogP contribution in [0.25, 0.3) is 0 Å². The number of imide groups is 1. The van der Waals surface area contributed by atoms with Crippen LogP contribution in [0, 0.1) is 11.7 Å². The topological polar surface area (TPSA) is 49.4 Å². The molecule has 0 bridgehead atoms. The first-order valence-electron chi connectivity index (χ1n) is 8.46. The maximum absolute atomic E-state index is 14.5. The number of rotatable bonds is 3. The van der Waals surface area contributed by atoms with Crippen molar-refractivity contribution in [2.75, 3.05) is 18.0 Å². The molecular weight excluding hydrogens is 295 g/mol. The molecule has 1 unspecified atom stereocenters. The zero-order valence-electron chi connectivity index (χ0n) is 13.5. The molecule has 5 heteroatoms. The summed E-state index contributed by atoms with van der Waals surface area (Å²) < 4.78 is 14.5. The Balaban J connectivity index is 1.73. The van der Waals surface area contributed by atoms with E-state index >= 15 is 0 Å². The maximum atomic E-state index is 14.5. The standard InChI is InChI=1S/C18H23FN2O2/c1-2-12-7-9-21(10-8-12)16-5-3-13(11-15(16)19)14-4-6-17(22)20-18(14)23/h3,5,11-12,14H,2,4,6-10H2,1H3,(H,20,22,23). The number of carbonyl (C=O) groups is 2. The molecule has 0 saturated carbocycles. The predicted octanol–water partition coefficient (Wildman–Crippen LogP) is 2.97. The van der Waals surface area contributed by atoms with Gasteiger partial charge in [0.25, 0.3) is 0 Å². The lowest BCUT2D eigenvalue weighted by Gasteiger charge is -2.33. The van der Waals surface area contributed by atoms with E-state index in [0.717, 1.165) is 31.8 Å². The largest absolute Gasteiger partial charge is 0.369 e. The van der Waals surface area contributed by atoms with Crippen LogP contribution >= 0.6 is 0 Å². The minimum Gasteiger partial charge on any atom is -0.369 e. The van der Waals surface area contributed by atoms with Crippen molar-refractivity contribution in [2.45, 2.75) is 44.9 Å². The van der Waals surface area contributed by atoms with Gasteiger partial charge in [-0.3, -0.25) is 14.9 Å². The van der Waals surface area contributed by atoms with E-state index in [1.807, 2.05) is 6.07 Å². The minimum atomic E-state index is -0.429. The third-order valence-electron chi connectivity index (χ3n) is 5.15. The third-order valence-corrected chi connectivity index (χ3v) is 5.15. The molecule has 0 radical (unpaired) electrons. The number of benzene rings is 1. The van der Waals surface area contributed by atoms with Gasteiger partial charge in [-0.2, -0.15) is 0 Å². The van der Waals surface area contributed by atoms with Crippen molar-refractivity contribution in [2.24, 2.45) is 5.92 Å². The Morgan fingerprint density at radius 3 is 2.57 bits per heavy atom. The monoisotopic (exact) mass is 318 g/mol. The predicted molar refractivity (Wildman–Crippen MR) is 86.8 cm³/mol. The summed E-state index contributed by atoms with van der Waals surface area (Å²) >= 11 is 0. The molecule has 0 aromatic heterocycles. The molecule has 2 heterocycles. The molecule has 2 amide bonds. The Morgan fingerprint density at radius 1 is 1.22 bits per heavy atom. The van der Waals surface area contributed by atoms with E-state index in [0.29, 0.717) is 24.1 Å². The van der Waals surface area contributed by atoms with Gasteiger partial charge in [0, 0.05) is 19.5 Å². The first-order chi connectivity index (χ1) is 11.1. The van der Waals surface area contributed by atoms with Crippen LogP contribution in [0.5, 0.6) is 0 Å². The van der Waals surface area contributed by atoms with E-state index in [2.05, 4.69) is 17.1 Å². The fourth-order valence-corrected chi connectivity index (χ4v) is 3.59. The Kier molecular flexibility index (Phi) is 4.64. The average Bonchev–Trinajstić information content (AvgIpc) is 2.55. The molecule has 0 aliphatic carbocycles. The second kappa shape index (κ2) is 6.69. The summed E-state index contributed by atoms with van der Waals surface area (Å²) in [4.78, 5) is 25.2. The van der Waals surface area contributed by atoms with Gasteiger partial charge in [-0.05, 0) is 42.9 Å². The second-order valence-corrected chi connectivity index (χ2v) is 6.55. The summed E-state index contributed by atoms with van der Waals surface area (Å²) in [5.41, 5.74) is 1.27. The lowest BCUT2D eigenvalue weighted by molar-refractivity contribution is -0.134. The van der Waals surface area contributed by atoms with Crippen LogP contribution < -0.4 is 10.2 Å². The average molecular weight is 318 g/mol. The van der Waals surface area contributed by atoms with Crippen molar-refractivity contribution in [1.29, 1.82) is 0 Å². The van der Waals surface area contributed by atoms with E-state index in [1.165, 1.54) is 12.5 Å². The Bertz CT molecular complexity index is 609. The Morgan fingerprint density at radius 2 is 1.96 bits per heavy atom. The molecule has 1 aromatic carbocycles. The molecule has 23 heavy (non-hydrogen) atoms. The number of hydrogen-bond acceptors (Lipinski definition) is 3. The Hall–Kier alpha value is -1.91. The van der Waals surface area contributed by atoms with Gasteiger partial charge >= 0.3 is 0 Å². The summed E-state index contributed by atoms with van der Waals surface area (Å²) in [7, 11) is 0. The fraction of sp³-hybridized carbons (Fsp3) is 0.556. The SMILES string of the molecule is CCC1CCN(c2ccc(C3CCC(=O)NC3=O)cc2F)CC1. The summed E-state index contributed by atoms with van der Waals surface area (Å²) in [6.07, 6.45) is 4.15. The van der Waals surface area contributed by atoms with E-state index in [4.69, 9.17) is 0 Å². The number of carbonyl (C=O) groups excluding carboxylic acids is 2. The highest BCUT2D eigenvalue weighted by molar-refractivity contribution is 6.00. The summed E-state index contributed by atoms with van der Waals surface area (Å²) in [6.45, 7) is 3.97. The van der Waals surface area contributed by atoms with Crippen LogP contribution in [-0.4, -0.2) is 24.9 Å². The molecule has 3 rings (SSSR count). The van der Waals surface area contributed by atoms with E-state index in [9.17, 15) is 14.0 Å². The summed E-state index contributed by atoms with van der Waals surface area (Å²) in [5, 5.41) is 2.33. The van der Waals surface area contributed by atoms with Gasteiger partial charge in [0.1, 0.15) is 5.82 Å². The van der Waals surface area contributed by atoms with Gasteiger partial charge in [-0.15, -0.1) is 0 Å². The molecule has 1 atom stereocenters. The fourth-order valence-electron chi connectivity index (χ4n) is 3.59. The summed E-state index contributed by atoms with van der Waals surface area (Å²) in [5.74, 6) is -0.527. The lowest BCUT2D eigenvalue weighted by atomic mass is 9.90. The van der Waals surface area contributed by atoms with Gasteiger partial charge in [0.2, 0.25) is 11.8 Å². The van der Waals surface area contributed by atoms with Crippen LogP contribution in [0.15, 0.2) is 18.2 Å². The third kappa shape index (κ3) is 3.38. The van der Waals surface area contributed by atoms with Gasteiger partial charge < -0.3 is 4.90 Å². The zero-order valence-corrected chi connectivity index (χ0v) is 13.5. The number of piperidine rings is 2. The Labute approximate surface area is 136 Å². The molecule has 2 fully saturated rings. The lowest BCUT2D eigenvalue weighted by Crippen LogP contribution is -2.39. The molecule has 0 spiro atoms. The van der Waals surface area contributed by atoms with Crippen LogP contribution in [0.2, 0.25) is 0 Å². The van der Waals surface area contributed by atoms with Crippen molar-refractivity contribution >= 4 is 17.5 Å². The number of hydrogen-bond donors (Lipinski definition) is 1. The first-order valence-corrected chi connectivity index (χ1v) is 8.46. The van der Waals surface area contributed by atoms with E-state index < -0.39 is 5.92 Å². The van der Waals surface area contributed by atoms with Crippen LogP contribution in [0.3, 0.4) is 0 Å². The van der Waals surface area contributed by atoms with Crippen molar-refractivity contribution in [3.05, 3.63) is 29.6 Å². The van der Waals surface area contributed by atoms with Gasteiger partial charge in [-0.1, -0.05) is 19.4 Å². The molecular formula is C18H23FN2O2. The number of amides is 2. The highest BCUT2D eigenvalue weighted by Crippen LogP contribution is 2.31. The minimum absolute atomic E-state index is 0.248. The van der Waals surface area contributed by atoms with Crippen molar-refractivity contribution in [3.8, 4) is 0 Å². The zero-order chi connectivity index (χ0) is 16.4. The number of anilines is 1. The van der Waals surface area contributed by atoms with Crippen molar-refractivity contribution < 1.29 is 14.0 Å². The molecule has 2 saturated heterocycles. The highest BCUT2D eigenvalue weighted by Gasteiger charge is 2.29. The van der Waals surface area contributed by atoms with Crippen LogP contribution in [-0.2, 0) is 9.59 Å². The maximum Gasteiger partial charge on any atom is 0.234 e. The number of halogens is 1. The normalized spacial score (nSPS) is 23.0. The van der Waals surface area contributed by atoms with Gasteiger partial charge in [-0.25, -0.2) is 4.39 Å². The van der Waals surface area contributed by atoms with Crippen molar-refractivity contribution in [1.82, 2.24) is 5.32 Å². The van der Waals surface area contributed by atoms with Gasteiger partial charge in [0.15, 0.2) is 0 Å². The summed E-state index contributed by atoms with van der Waals surface area (Å²) in [6, 6.07) is 5.06. The highest BCUT2D eigenvalue weighted by atomic mass is 19.1. The quantitative estimate of drug-likeness (QED) is 0.872. The van der Waals surface area contributed by atoms with E-state index in [-0.39, 0.29) is 17.6 Å². The smallest absolute Gasteiger partial charge is 0.234 e. The molecule has 4 nitrogen and oxygen atoms in total. The molecule has 1 aromatic rings. The first kappa shape index (κ1) is 16.0. The number of nitrogens with one attached hydrogen (secondary N) is 1. The molecule has 124 valence electrons. The van der Waals surface area contributed by atoms with Crippen LogP contribution in [0.4, 0.5) is 10.1 Å². The molecule has 2 aliphatic rings. The molecule has 1 N–H and O–H groups in total. The van der Waals surface area contributed by atoms with Gasteiger partial charge in [0.05, 0.1) is 11.6 Å².